The lowest BCUT2D eigenvalue weighted by molar-refractivity contribution is -0.135. The quantitative estimate of drug-likeness (QED) is 0.586. The number of hydrogen-bond acceptors (Lipinski definition) is 2. The van der Waals surface area contributed by atoms with Gasteiger partial charge in [-0.15, -0.1) is 0 Å². The Kier molecular flexibility index (Phi) is 3.29. The van der Waals surface area contributed by atoms with Gasteiger partial charge in [-0.25, -0.2) is 4.79 Å². The first kappa shape index (κ1) is 10.3. The number of aliphatic carboxylic acids is 1. The Morgan fingerprint density at radius 2 is 2.14 bits per heavy atom. The van der Waals surface area contributed by atoms with E-state index in [2.05, 4.69) is 6.92 Å². The first-order valence-electron chi connectivity index (χ1n) is 4.05. The first-order chi connectivity index (χ1) is 6.65. The minimum atomic E-state index is -1.09. The molecule has 0 spiro atoms. The molecule has 3 heteroatoms. The Hall–Kier alpha value is -1.77. The number of methoxy groups -OCH3 is 1. The molecule has 3 nitrogen and oxygen atoms in total. The van der Waals surface area contributed by atoms with Gasteiger partial charge in [0.25, 0.3) is 0 Å². The summed E-state index contributed by atoms with van der Waals surface area (Å²) in [4.78, 5) is 10.6. The van der Waals surface area contributed by atoms with Gasteiger partial charge in [-0.2, -0.15) is 0 Å². The molecule has 0 saturated carbocycles. The van der Waals surface area contributed by atoms with Crippen LogP contribution in [0.5, 0.6) is 0 Å². The minimum absolute atomic E-state index is 0.0962. The second-order valence-corrected chi connectivity index (χ2v) is 2.72. The molecule has 0 fully saturated rings. The minimum Gasteiger partial charge on any atom is -0.490 e. The van der Waals surface area contributed by atoms with Gasteiger partial charge in [0.2, 0.25) is 5.76 Å². The fraction of sp³-hybridized carbons (Fsp3) is 0.0909. The van der Waals surface area contributed by atoms with Gasteiger partial charge in [0.1, 0.15) is 0 Å². The second-order valence-electron chi connectivity index (χ2n) is 2.72. The zero-order valence-corrected chi connectivity index (χ0v) is 7.86. The van der Waals surface area contributed by atoms with Crippen LogP contribution in [-0.2, 0) is 9.53 Å². The van der Waals surface area contributed by atoms with Crippen LogP contribution in [0, 0.1) is 6.92 Å². The predicted octanol–water partition coefficient (Wildman–Crippen LogP) is 1.94. The normalized spacial score (nSPS) is 11.1. The standard InChI is InChI=1S/C11H11O3/c1-8-5-3-4-6-9(8)7-10(14-2)11(12)13/h3-7H,1H2,2H3,(H,12,13). The number of carboxylic acids is 1. The van der Waals surface area contributed by atoms with E-state index in [4.69, 9.17) is 9.84 Å². The van der Waals surface area contributed by atoms with Crippen molar-refractivity contribution >= 4 is 12.0 Å². The third kappa shape index (κ3) is 2.36. The molecular weight excluding hydrogens is 180 g/mol. The highest BCUT2D eigenvalue weighted by atomic mass is 16.5. The van der Waals surface area contributed by atoms with E-state index in [1.807, 2.05) is 12.1 Å². The lowest BCUT2D eigenvalue weighted by atomic mass is 10.1. The van der Waals surface area contributed by atoms with Crippen LogP contribution in [0.1, 0.15) is 11.1 Å². The maximum absolute atomic E-state index is 10.6. The third-order valence-corrected chi connectivity index (χ3v) is 1.77. The summed E-state index contributed by atoms with van der Waals surface area (Å²) in [5.41, 5.74) is 1.51. The number of rotatable bonds is 3. The van der Waals surface area contributed by atoms with Gasteiger partial charge in [0.05, 0.1) is 7.11 Å². The molecule has 0 atom stereocenters. The number of benzene rings is 1. The molecule has 14 heavy (non-hydrogen) atoms. The summed E-state index contributed by atoms with van der Waals surface area (Å²) >= 11 is 0. The fourth-order valence-electron chi connectivity index (χ4n) is 1.02. The van der Waals surface area contributed by atoms with Gasteiger partial charge in [0, 0.05) is 0 Å². The molecule has 0 unspecified atom stereocenters. The molecule has 0 aliphatic heterocycles. The summed E-state index contributed by atoms with van der Waals surface area (Å²) in [5.74, 6) is -1.18. The van der Waals surface area contributed by atoms with Gasteiger partial charge in [-0.1, -0.05) is 24.3 Å². The molecule has 0 bridgehead atoms. The van der Waals surface area contributed by atoms with Gasteiger partial charge in [-0.05, 0) is 24.1 Å². The lowest BCUT2D eigenvalue weighted by Gasteiger charge is -2.02. The molecule has 1 aromatic rings. The van der Waals surface area contributed by atoms with Crippen LogP contribution in [0.3, 0.4) is 0 Å². The maximum Gasteiger partial charge on any atom is 0.371 e. The number of carboxylic acid groups (broad SMARTS) is 1. The zero-order valence-electron chi connectivity index (χ0n) is 7.86. The molecule has 0 aliphatic carbocycles. The second kappa shape index (κ2) is 4.46. The average Bonchev–Trinajstić information content (AvgIpc) is 2.16. The van der Waals surface area contributed by atoms with Crippen molar-refractivity contribution < 1.29 is 14.6 Å². The van der Waals surface area contributed by atoms with Crippen molar-refractivity contribution in [3.05, 3.63) is 48.1 Å². The Morgan fingerprint density at radius 1 is 1.50 bits per heavy atom. The molecular formula is C11H11O3. The van der Waals surface area contributed by atoms with E-state index in [-0.39, 0.29) is 5.76 Å². The zero-order chi connectivity index (χ0) is 10.6. The van der Waals surface area contributed by atoms with E-state index in [1.54, 1.807) is 12.1 Å². The molecule has 1 rings (SSSR count). The van der Waals surface area contributed by atoms with E-state index in [0.29, 0.717) is 0 Å². The number of carbonyl (C=O) groups is 1. The highest BCUT2D eigenvalue weighted by Crippen LogP contribution is 2.12. The topological polar surface area (TPSA) is 46.5 Å². The van der Waals surface area contributed by atoms with Crippen molar-refractivity contribution in [3.63, 3.8) is 0 Å². The summed E-state index contributed by atoms with van der Waals surface area (Å²) in [5, 5.41) is 8.71. The molecule has 1 N–H and O–H groups in total. The van der Waals surface area contributed by atoms with Crippen molar-refractivity contribution in [1.82, 2.24) is 0 Å². The van der Waals surface area contributed by atoms with E-state index in [0.717, 1.165) is 11.1 Å². The van der Waals surface area contributed by atoms with Crippen LogP contribution in [0.2, 0.25) is 0 Å². The first-order valence-corrected chi connectivity index (χ1v) is 4.05. The SMILES string of the molecule is [CH2]c1ccccc1C=C(OC)C(=O)O. The smallest absolute Gasteiger partial charge is 0.371 e. The maximum atomic E-state index is 10.6. The van der Waals surface area contributed by atoms with E-state index < -0.39 is 5.97 Å². The summed E-state index contributed by atoms with van der Waals surface area (Å²) < 4.78 is 4.70. The van der Waals surface area contributed by atoms with Crippen LogP contribution < -0.4 is 0 Å². The molecule has 0 aliphatic rings. The molecule has 0 amide bonds. The van der Waals surface area contributed by atoms with Crippen molar-refractivity contribution in [2.24, 2.45) is 0 Å². The van der Waals surface area contributed by atoms with Crippen LogP contribution in [-0.4, -0.2) is 18.2 Å². The number of hydrogen-bond donors (Lipinski definition) is 1. The fourth-order valence-corrected chi connectivity index (χ4v) is 1.02. The van der Waals surface area contributed by atoms with Crippen LogP contribution in [0.25, 0.3) is 6.08 Å². The summed E-state index contributed by atoms with van der Waals surface area (Å²) in [6.07, 6.45) is 1.45. The molecule has 73 valence electrons. The van der Waals surface area contributed by atoms with Crippen LogP contribution in [0.15, 0.2) is 30.0 Å². The van der Waals surface area contributed by atoms with Crippen LogP contribution in [0.4, 0.5) is 0 Å². The Balaban J connectivity index is 3.07. The molecule has 1 aromatic carbocycles. The van der Waals surface area contributed by atoms with E-state index in [9.17, 15) is 4.79 Å². The average molecular weight is 191 g/mol. The number of ether oxygens (including phenoxy) is 1. The van der Waals surface area contributed by atoms with Crippen molar-refractivity contribution in [2.75, 3.05) is 7.11 Å². The Labute approximate surface area is 82.6 Å². The Morgan fingerprint density at radius 3 is 2.64 bits per heavy atom. The monoisotopic (exact) mass is 191 g/mol. The van der Waals surface area contributed by atoms with E-state index in [1.165, 1.54) is 13.2 Å². The van der Waals surface area contributed by atoms with Crippen molar-refractivity contribution in [2.45, 2.75) is 0 Å². The largest absolute Gasteiger partial charge is 0.490 e. The lowest BCUT2D eigenvalue weighted by Crippen LogP contribution is -2.02. The van der Waals surface area contributed by atoms with Crippen molar-refractivity contribution in [3.8, 4) is 0 Å². The highest BCUT2D eigenvalue weighted by Gasteiger charge is 2.06. The van der Waals surface area contributed by atoms with Gasteiger partial charge < -0.3 is 9.84 Å². The third-order valence-electron chi connectivity index (χ3n) is 1.77. The van der Waals surface area contributed by atoms with Crippen molar-refractivity contribution in [1.29, 1.82) is 0 Å². The summed E-state index contributed by atoms with van der Waals surface area (Å²) in [6.45, 7) is 3.77. The van der Waals surface area contributed by atoms with Crippen LogP contribution >= 0.6 is 0 Å². The summed E-state index contributed by atoms with van der Waals surface area (Å²) in [7, 11) is 1.33. The molecule has 0 heterocycles. The molecule has 0 saturated heterocycles. The molecule has 0 aromatic heterocycles. The van der Waals surface area contributed by atoms with Gasteiger partial charge in [-0.3, -0.25) is 0 Å². The molecule has 1 radical (unpaired) electrons. The summed E-state index contributed by atoms with van der Waals surface area (Å²) in [6, 6.07) is 7.24. The van der Waals surface area contributed by atoms with Gasteiger partial charge >= 0.3 is 5.97 Å². The Bertz CT molecular complexity index is 367. The predicted molar refractivity (Wildman–Crippen MR) is 53.5 cm³/mol. The highest BCUT2D eigenvalue weighted by molar-refractivity contribution is 5.90. The van der Waals surface area contributed by atoms with E-state index >= 15 is 0 Å². The van der Waals surface area contributed by atoms with Gasteiger partial charge in [0.15, 0.2) is 0 Å².